The second kappa shape index (κ2) is 18.5. The zero-order valence-electron chi connectivity index (χ0n) is 38.4. The van der Waals surface area contributed by atoms with Crippen molar-refractivity contribution in [1.82, 2.24) is 55.1 Å². The van der Waals surface area contributed by atoms with Crippen LogP contribution in [0.25, 0.3) is 44.7 Å². The van der Waals surface area contributed by atoms with Crippen LogP contribution in [0.1, 0.15) is 100 Å². The number of methoxy groups -OCH3 is 2. The summed E-state index contributed by atoms with van der Waals surface area (Å²) in [6, 6.07) is 8.96. The Labute approximate surface area is 390 Å². The molecule has 6 aromatic rings. The number of imidazole rings is 2. The second-order valence-corrected chi connectivity index (χ2v) is 18.9. The minimum atomic E-state index is -0.779. The van der Waals surface area contributed by atoms with Gasteiger partial charge in [-0.2, -0.15) is 0 Å². The van der Waals surface area contributed by atoms with Crippen LogP contribution in [-0.4, -0.2) is 108 Å². The van der Waals surface area contributed by atoms with E-state index in [0.29, 0.717) is 77.3 Å². The van der Waals surface area contributed by atoms with Crippen LogP contribution in [0.4, 0.5) is 14.0 Å². The smallest absolute Gasteiger partial charge is 0.407 e. The fourth-order valence-corrected chi connectivity index (χ4v) is 10.3. The molecule has 0 spiro atoms. The number of carbonyl (C=O) groups is 4. The van der Waals surface area contributed by atoms with Gasteiger partial charge in [0.2, 0.25) is 18.0 Å². The van der Waals surface area contributed by atoms with Gasteiger partial charge in [0.25, 0.3) is 0 Å². The monoisotopic (exact) mass is 935 g/mol. The Morgan fingerprint density at radius 2 is 1.40 bits per heavy atom. The normalized spacial score (nSPS) is 18.7. The van der Waals surface area contributed by atoms with Gasteiger partial charge in [-0.05, 0) is 74.3 Å². The molecule has 1 unspecified atom stereocenters. The lowest BCUT2D eigenvalue weighted by Gasteiger charge is -2.30. The number of ether oxygens (including phenoxy) is 3. The molecule has 67 heavy (non-hydrogen) atoms. The molecule has 7 heterocycles. The van der Waals surface area contributed by atoms with Crippen molar-refractivity contribution in [3.05, 3.63) is 76.3 Å². The number of amides is 4. The number of aryl methyl sites for hydroxylation is 1. The lowest BCUT2D eigenvalue weighted by molar-refractivity contribution is -0.136. The van der Waals surface area contributed by atoms with E-state index in [9.17, 15) is 19.2 Å². The summed E-state index contributed by atoms with van der Waals surface area (Å²) in [5.41, 5.74) is 4.33. The van der Waals surface area contributed by atoms with Gasteiger partial charge in [-0.3, -0.25) is 14.2 Å². The summed E-state index contributed by atoms with van der Waals surface area (Å²) in [4.78, 5) is 71.5. The minimum Gasteiger partial charge on any atom is -0.462 e. The molecule has 4 amide bonds. The molecule has 2 saturated heterocycles. The summed E-state index contributed by atoms with van der Waals surface area (Å²) < 4.78 is 35.1. The molecule has 0 bridgehead atoms. The average molecular weight is 936 g/mol. The van der Waals surface area contributed by atoms with Crippen molar-refractivity contribution in [2.45, 2.75) is 97.1 Å². The molecule has 20 heteroatoms. The van der Waals surface area contributed by atoms with Crippen LogP contribution in [0.15, 0.2) is 48.8 Å². The number of benzene rings is 2. The van der Waals surface area contributed by atoms with E-state index in [1.807, 2.05) is 63.5 Å². The van der Waals surface area contributed by atoms with E-state index in [-0.39, 0.29) is 35.7 Å². The first-order chi connectivity index (χ1) is 32.3. The molecule has 2 fully saturated rings. The highest BCUT2D eigenvalue weighted by molar-refractivity contribution is 7.11. The van der Waals surface area contributed by atoms with E-state index in [2.05, 4.69) is 35.8 Å². The Morgan fingerprint density at radius 3 is 1.94 bits per heavy atom. The van der Waals surface area contributed by atoms with E-state index in [1.54, 1.807) is 28.3 Å². The summed E-state index contributed by atoms with van der Waals surface area (Å²) >= 11 is 1.44. The van der Waals surface area contributed by atoms with Gasteiger partial charge in [0.1, 0.15) is 40.3 Å². The quantitative estimate of drug-likeness (QED) is 0.0934. The van der Waals surface area contributed by atoms with Crippen LogP contribution in [0.5, 0.6) is 5.75 Å². The van der Waals surface area contributed by atoms with Crippen LogP contribution in [-0.2, 0) is 25.5 Å². The standard InChI is InChI=1S/C47H54FN11O7S/c1-8-36-55-56-42(67-36)45-59-31-14-13-25(29-21-49-40(51-29)32-11-9-15-57(32)43(60)38(23(2)3)53-46(62)64-6)17-27(31)19-34(59)37-28(48)18-26(20-35(37)66-45)30-22-50-41(52-30)33-12-10-16-58(33)44(61)39(24(4)5)54-47(63)65-7/h13-14,17-24,32-33,38-39,45H,8-12,15-16H2,1-7H3,(H,49,51)(H,50,52)(H,53,62)(H,54,63)/t32-,33-,38-,39-,45?/m0/s1. The van der Waals surface area contributed by atoms with E-state index in [4.69, 9.17) is 19.2 Å². The van der Waals surface area contributed by atoms with Gasteiger partial charge in [-0.25, -0.2) is 23.9 Å². The Kier molecular flexibility index (Phi) is 12.5. The third-order valence-corrected chi connectivity index (χ3v) is 14.0. The summed E-state index contributed by atoms with van der Waals surface area (Å²) in [6.45, 7) is 10.5. The van der Waals surface area contributed by atoms with Gasteiger partial charge in [0.05, 0.1) is 66.9 Å². The Hall–Kier alpha value is -6.83. The third-order valence-electron chi connectivity index (χ3n) is 12.9. The number of carbonyl (C=O) groups excluding carboxylic acids is 4. The molecule has 18 nitrogen and oxygen atoms in total. The van der Waals surface area contributed by atoms with Crippen LogP contribution in [0, 0.1) is 17.7 Å². The molecule has 0 radical (unpaired) electrons. The van der Waals surface area contributed by atoms with Crippen LogP contribution < -0.4 is 15.4 Å². The number of nitrogens with one attached hydrogen (secondary N) is 4. The van der Waals surface area contributed by atoms with Crippen molar-refractivity contribution in [2.24, 2.45) is 11.8 Å². The molecular weight excluding hydrogens is 882 g/mol. The molecule has 4 aromatic heterocycles. The van der Waals surface area contributed by atoms with Crippen LogP contribution in [0.3, 0.4) is 0 Å². The number of hydrogen-bond acceptors (Lipinski definition) is 12. The van der Waals surface area contributed by atoms with E-state index < -0.39 is 36.3 Å². The summed E-state index contributed by atoms with van der Waals surface area (Å²) in [5, 5.41) is 16.6. The molecule has 3 aliphatic rings. The number of H-pyrrole nitrogens is 2. The molecule has 9 rings (SSSR count). The van der Waals surface area contributed by atoms with Gasteiger partial charge in [-0.15, -0.1) is 10.2 Å². The number of aromatic nitrogens is 7. The minimum absolute atomic E-state index is 0.158. The highest BCUT2D eigenvalue weighted by Crippen LogP contribution is 2.48. The lowest BCUT2D eigenvalue weighted by Crippen LogP contribution is -2.51. The number of halogens is 1. The van der Waals surface area contributed by atoms with Crippen molar-refractivity contribution >= 4 is 46.2 Å². The summed E-state index contributed by atoms with van der Waals surface area (Å²) in [5.74, 6) is 0.267. The number of likely N-dealkylation sites (tertiary alicyclic amines) is 2. The fourth-order valence-electron chi connectivity index (χ4n) is 9.46. The zero-order valence-corrected chi connectivity index (χ0v) is 39.2. The molecule has 5 atom stereocenters. The van der Waals surface area contributed by atoms with Crippen molar-refractivity contribution in [3.8, 4) is 39.5 Å². The SMILES string of the molecule is CCc1nnc(C2Oc3cc(-c4cnc([C@@H]5CCCN5C(=O)[C@@H](NC(=O)OC)C(C)C)[nH]4)cc(F)c3-c3cc4cc(-c5cnc([C@@H]6CCCN6C(=O)[C@@H](NC(=O)OC)C(C)C)[nH]5)ccc4n32)s1. The van der Waals surface area contributed by atoms with Crippen molar-refractivity contribution < 1.29 is 37.8 Å². The van der Waals surface area contributed by atoms with Gasteiger partial charge in [0, 0.05) is 29.6 Å². The first kappa shape index (κ1) is 45.3. The van der Waals surface area contributed by atoms with E-state index in [1.165, 1.54) is 31.6 Å². The largest absolute Gasteiger partial charge is 0.462 e. The highest BCUT2D eigenvalue weighted by atomic mass is 32.1. The summed E-state index contributed by atoms with van der Waals surface area (Å²) in [7, 11) is 2.53. The Bertz CT molecular complexity index is 2850. The molecule has 4 N–H and O–H groups in total. The highest BCUT2D eigenvalue weighted by Gasteiger charge is 2.40. The second-order valence-electron chi connectivity index (χ2n) is 17.8. The molecule has 0 saturated carbocycles. The number of fused-ring (bicyclic) bond motifs is 5. The fraction of sp³-hybridized carbons (Fsp3) is 0.447. The predicted octanol–water partition coefficient (Wildman–Crippen LogP) is 7.67. The first-order valence-electron chi connectivity index (χ1n) is 22.7. The molecule has 0 aliphatic carbocycles. The predicted molar refractivity (Wildman–Crippen MR) is 246 cm³/mol. The van der Waals surface area contributed by atoms with Crippen molar-refractivity contribution in [3.63, 3.8) is 0 Å². The maximum absolute atomic E-state index is 16.8. The average Bonchev–Trinajstić information content (AvgIpc) is 4.18. The number of rotatable bonds is 12. The number of aromatic amines is 2. The molecule has 352 valence electrons. The van der Waals surface area contributed by atoms with Crippen molar-refractivity contribution in [2.75, 3.05) is 27.3 Å². The van der Waals surface area contributed by atoms with E-state index >= 15 is 4.39 Å². The summed E-state index contributed by atoms with van der Waals surface area (Å²) in [6.07, 6.45) is 4.90. The maximum Gasteiger partial charge on any atom is 0.407 e. The third kappa shape index (κ3) is 8.46. The van der Waals surface area contributed by atoms with Gasteiger partial charge < -0.3 is 44.6 Å². The molecular formula is C47H54FN11O7S. The lowest BCUT2D eigenvalue weighted by atomic mass is 10.0. The topological polar surface area (TPSA) is 215 Å². The van der Waals surface area contributed by atoms with Crippen molar-refractivity contribution in [1.29, 1.82) is 0 Å². The Morgan fingerprint density at radius 1 is 0.821 bits per heavy atom. The maximum atomic E-state index is 16.8. The molecule has 3 aliphatic heterocycles. The van der Waals surface area contributed by atoms with E-state index in [0.717, 1.165) is 40.0 Å². The van der Waals surface area contributed by atoms with Crippen LogP contribution in [0.2, 0.25) is 0 Å². The number of nitrogens with zero attached hydrogens (tertiary/aromatic N) is 7. The number of hydrogen-bond donors (Lipinski definition) is 4. The Balaban J connectivity index is 1.03. The van der Waals surface area contributed by atoms with Gasteiger partial charge >= 0.3 is 12.2 Å². The zero-order chi connectivity index (χ0) is 47.3. The van der Waals surface area contributed by atoms with Gasteiger partial charge in [-0.1, -0.05) is 52.0 Å². The van der Waals surface area contributed by atoms with Gasteiger partial charge in [0.15, 0.2) is 5.01 Å². The van der Waals surface area contributed by atoms with Crippen LogP contribution >= 0.6 is 11.3 Å². The molecule has 2 aromatic carbocycles. The first-order valence-corrected chi connectivity index (χ1v) is 23.5. The number of alkyl carbamates (subject to hydrolysis) is 2.